The van der Waals surface area contributed by atoms with Gasteiger partial charge >= 0.3 is 6.18 Å². The van der Waals surface area contributed by atoms with Crippen LogP contribution >= 0.6 is 11.6 Å². The Kier molecular flexibility index (Phi) is 6.57. The average molecular weight is 205 g/mol. The number of ether oxygens (including phenoxy) is 1. The van der Waals surface area contributed by atoms with Crippen LogP contribution in [0.2, 0.25) is 0 Å². The summed E-state index contributed by atoms with van der Waals surface area (Å²) in [6, 6.07) is 0. The zero-order valence-corrected chi connectivity index (χ0v) is 7.42. The van der Waals surface area contributed by atoms with E-state index in [1.54, 1.807) is 0 Å². The molecule has 0 aromatic heterocycles. The van der Waals surface area contributed by atoms with Gasteiger partial charge in [-0.1, -0.05) is 0 Å². The van der Waals surface area contributed by atoms with Gasteiger partial charge in [0.05, 0.1) is 13.0 Å². The molecule has 74 valence electrons. The normalized spacial score (nSPS) is 12.0. The first-order valence-corrected chi connectivity index (χ1v) is 4.30. The molecule has 0 unspecified atom stereocenters. The second kappa shape index (κ2) is 6.54. The predicted molar refractivity (Wildman–Crippen MR) is 41.4 cm³/mol. The molecule has 0 heterocycles. The Morgan fingerprint density at radius 3 is 2.25 bits per heavy atom. The van der Waals surface area contributed by atoms with E-state index in [4.69, 9.17) is 16.3 Å². The molecule has 0 aliphatic carbocycles. The van der Waals surface area contributed by atoms with Crippen LogP contribution in [0.4, 0.5) is 13.2 Å². The molecule has 0 saturated carbocycles. The van der Waals surface area contributed by atoms with Crippen molar-refractivity contribution < 1.29 is 17.9 Å². The van der Waals surface area contributed by atoms with Crippen molar-refractivity contribution in [3.05, 3.63) is 0 Å². The number of hydrogen-bond donors (Lipinski definition) is 0. The van der Waals surface area contributed by atoms with E-state index in [9.17, 15) is 13.2 Å². The van der Waals surface area contributed by atoms with Crippen molar-refractivity contribution in [2.75, 3.05) is 19.1 Å². The summed E-state index contributed by atoms with van der Waals surface area (Å²) in [6.45, 7) is 0.120. The van der Waals surface area contributed by atoms with Gasteiger partial charge in [0.1, 0.15) is 0 Å². The molecule has 0 bridgehead atoms. The largest absolute Gasteiger partial charge is 0.391 e. The maximum Gasteiger partial charge on any atom is 0.391 e. The van der Waals surface area contributed by atoms with Crippen LogP contribution in [0.25, 0.3) is 0 Å². The maximum atomic E-state index is 11.5. The zero-order valence-electron chi connectivity index (χ0n) is 6.66. The lowest BCUT2D eigenvalue weighted by Gasteiger charge is -2.06. The quantitative estimate of drug-likeness (QED) is 0.478. The van der Waals surface area contributed by atoms with Crippen LogP contribution < -0.4 is 0 Å². The van der Waals surface area contributed by atoms with E-state index in [0.29, 0.717) is 12.5 Å². The van der Waals surface area contributed by atoms with Crippen molar-refractivity contribution in [2.24, 2.45) is 0 Å². The summed E-state index contributed by atoms with van der Waals surface area (Å²) in [4.78, 5) is 0. The van der Waals surface area contributed by atoms with Gasteiger partial charge < -0.3 is 4.74 Å². The van der Waals surface area contributed by atoms with Gasteiger partial charge in [0, 0.05) is 12.5 Å². The highest BCUT2D eigenvalue weighted by Gasteiger charge is 2.26. The van der Waals surface area contributed by atoms with Gasteiger partial charge in [0.2, 0.25) is 0 Å². The van der Waals surface area contributed by atoms with Crippen LogP contribution in [0.5, 0.6) is 0 Å². The summed E-state index contributed by atoms with van der Waals surface area (Å²) in [6.07, 6.45) is -3.46. The fraction of sp³-hybridized carbons (Fsp3) is 1.00. The molecule has 1 nitrogen and oxygen atoms in total. The number of rotatable bonds is 6. The Morgan fingerprint density at radius 1 is 1.08 bits per heavy atom. The first-order valence-electron chi connectivity index (χ1n) is 3.77. The fourth-order valence-corrected chi connectivity index (χ4v) is 0.778. The highest BCUT2D eigenvalue weighted by Crippen LogP contribution is 2.18. The van der Waals surface area contributed by atoms with Crippen LogP contribution in [0, 0.1) is 0 Å². The number of unbranched alkanes of at least 4 members (excludes halogenated alkanes) is 1. The van der Waals surface area contributed by atoms with Gasteiger partial charge in [0.15, 0.2) is 0 Å². The van der Waals surface area contributed by atoms with Crippen LogP contribution in [-0.2, 0) is 4.74 Å². The van der Waals surface area contributed by atoms with Crippen molar-refractivity contribution >= 4 is 11.6 Å². The lowest BCUT2D eigenvalue weighted by Crippen LogP contribution is -2.11. The van der Waals surface area contributed by atoms with Crippen molar-refractivity contribution in [2.45, 2.75) is 25.4 Å². The third kappa shape index (κ3) is 10.0. The summed E-state index contributed by atoms with van der Waals surface area (Å²) >= 11 is 5.35. The summed E-state index contributed by atoms with van der Waals surface area (Å²) < 4.78 is 39.3. The first kappa shape index (κ1) is 12.0. The molecule has 0 aliphatic heterocycles. The number of alkyl halides is 4. The molecule has 12 heavy (non-hydrogen) atoms. The molecular formula is C7H12ClF3O. The Bertz CT molecular complexity index is 105. The first-order chi connectivity index (χ1) is 5.56. The summed E-state index contributed by atoms with van der Waals surface area (Å²) in [5.41, 5.74) is 0. The van der Waals surface area contributed by atoms with E-state index in [2.05, 4.69) is 0 Å². The van der Waals surface area contributed by atoms with Gasteiger partial charge in [-0.05, 0) is 12.8 Å². The molecular weight excluding hydrogens is 193 g/mol. The minimum absolute atomic E-state index is 0.244. The monoisotopic (exact) mass is 204 g/mol. The second-order valence-corrected chi connectivity index (χ2v) is 2.75. The highest BCUT2D eigenvalue weighted by molar-refractivity contribution is 6.17. The minimum atomic E-state index is -4.10. The highest BCUT2D eigenvalue weighted by atomic mass is 35.5. The van der Waals surface area contributed by atoms with E-state index in [-0.39, 0.29) is 6.61 Å². The third-order valence-corrected chi connectivity index (χ3v) is 1.47. The molecule has 0 atom stereocenters. The van der Waals surface area contributed by atoms with Crippen LogP contribution in [-0.4, -0.2) is 25.3 Å². The fourth-order valence-electron chi connectivity index (χ4n) is 0.589. The van der Waals surface area contributed by atoms with E-state index in [1.807, 2.05) is 0 Å². The van der Waals surface area contributed by atoms with Crippen molar-refractivity contribution in [3.63, 3.8) is 0 Å². The molecule has 0 aromatic carbocycles. The smallest absolute Gasteiger partial charge is 0.381 e. The van der Waals surface area contributed by atoms with Gasteiger partial charge in [-0.15, -0.1) is 11.6 Å². The van der Waals surface area contributed by atoms with Crippen LogP contribution in [0.1, 0.15) is 19.3 Å². The molecule has 0 aromatic rings. The molecule has 0 saturated heterocycles. The Hall–Kier alpha value is 0.0400. The second-order valence-electron chi connectivity index (χ2n) is 2.37. The molecule has 0 radical (unpaired) electrons. The summed E-state index contributed by atoms with van der Waals surface area (Å²) in [5, 5.41) is 0. The summed E-state index contributed by atoms with van der Waals surface area (Å²) in [5.74, 6) is 0.530. The average Bonchev–Trinajstić information content (AvgIpc) is 1.94. The predicted octanol–water partition coefficient (Wildman–Crippen LogP) is 2.97. The molecule has 0 fully saturated rings. The van der Waals surface area contributed by atoms with Crippen molar-refractivity contribution in [1.82, 2.24) is 0 Å². The van der Waals surface area contributed by atoms with Crippen molar-refractivity contribution in [1.29, 1.82) is 0 Å². The number of hydrogen-bond acceptors (Lipinski definition) is 1. The Labute approximate surface area is 74.8 Å². The Morgan fingerprint density at radius 2 is 1.75 bits per heavy atom. The topological polar surface area (TPSA) is 9.23 Å². The van der Waals surface area contributed by atoms with Crippen LogP contribution in [0.3, 0.4) is 0 Å². The third-order valence-electron chi connectivity index (χ3n) is 1.20. The molecule has 0 aliphatic rings. The lowest BCUT2D eigenvalue weighted by molar-refractivity contribution is -0.145. The van der Waals surface area contributed by atoms with Gasteiger partial charge in [-0.3, -0.25) is 0 Å². The van der Waals surface area contributed by atoms with Gasteiger partial charge in [0.25, 0.3) is 0 Å². The standard InChI is InChI=1S/C7H12ClF3O/c8-4-1-2-5-12-6-3-7(9,10)11/h1-6H2. The van der Waals surface area contributed by atoms with Gasteiger partial charge in [-0.25, -0.2) is 0 Å². The molecule has 5 heteroatoms. The van der Waals surface area contributed by atoms with E-state index in [1.165, 1.54) is 0 Å². The van der Waals surface area contributed by atoms with Crippen LogP contribution in [0.15, 0.2) is 0 Å². The maximum absolute atomic E-state index is 11.5. The van der Waals surface area contributed by atoms with Crippen molar-refractivity contribution in [3.8, 4) is 0 Å². The molecule has 0 spiro atoms. The molecule has 0 rings (SSSR count). The Balaban J connectivity index is 3.01. The van der Waals surface area contributed by atoms with Gasteiger partial charge in [-0.2, -0.15) is 13.2 Å². The SMILES string of the molecule is FC(F)(F)CCOCCCCCl. The number of halogens is 4. The van der Waals surface area contributed by atoms with E-state index in [0.717, 1.165) is 12.8 Å². The minimum Gasteiger partial charge on any atom is -0.381 e. The molecule has 0 amide bonds. The lowest BCUT2D eigenvalue weighted by atomic mass is 10.3. The van der Waals surface area contributed by atoms with E-state index >= 15 is 0 Å². The molecule has 0 N–H and O–H groups in total. The summed E-state index contributed by atoms with van der Waals surface area (Å²) in [7, 11) is 0. The van der Waals surface area contributed by atoms with E-state index < -0.39 is 12.6 Å². The zero-order chi connectivity index (χ0) is 9.45.